The molecule has 0 heterocycles. The van der Waals surface area contributed by atoms with Gasteiger partial charge in [-0.15, -0.1) is 0 Å². The quantitative estimate of drug-likeness (QED) is 0.894. The molecule has 1 fully saturated rings. The van der Waals surface area contributed by atoms with Crippen molar-refractivity contribution in [3.8, 4) is 5.75 Å². The Labute approximate surface area is 113 Å². The van der Waals surface area contributed by atoms with Crippen LogP contribution >= 0.6 is 11.6 Å². The van der Waals surface area contributed by atoms with E-state index in [0.717, 1.165) is 29.2 Å². The molecule has 0 radical (unpaired) electrons. The molecule has 100 valence electrons. The van der Waals surface area contributed by atoms with Gasteiger partial charge in [0.15, 0.2) is 0 Å². The second-order valence-corrected chi connectivity index (χ2v) is 4.99. The normalized spacial score (nSPS) is 26.8. The highest BCUT2D eigenvalue weighted by molar-refractivity contribution is 6.31. The van der Waals surface area contributed by atoms with Crippen molar-refractivity contribution < 1.29 is 9.47 Å². The predicted octanol–water partition coefficient (Wildman–Crippen LogP) is 2.79. The van der Waals surface area contributed by atoms with Gasteiger partial charge in [0.1, 0.15) is 18.0 Å². The van der Waals surface area contributed by atoms with Gasteiger partial charge in [-0.1, -0.05) is 18.5 Å². The molecule has 1 aliphatic rings. The Bertz CT molecular complexity index is 411. The highest BCUT2D eigenvalue weighted by Gasteiger charge is 2.41. The van der Waals surface area contributed by atoms with Crippen molar-refractivity contribution in [2.75, 3.05) is 6.61 Å². The number of aryl methyl sites for hydroxylation is 1. The maximum atomic E-state index is 6.08. The van der Waals surface area contributed by atoms with Crippen LogP contribution in [-0.4, -0.2) is 24.9 Å². The minimum absolute atomic E-state index is 0.00996. The Morgan fingerprint density at radius 2 is 2.17 bits per heavy atom. The molecule has 3 nitrogen and oxygen atoms in total. The fraction of sp³-hybridized carbons (Fsp3) is 0.571. The lowest BCUT2D eigenvalue weighted by Crippen LogP contribution is -2.59. The van der Waals surface area contributed by atoms with Crippen LogP contribution in [0.5, 0.6) is 5.75 Å². The third-order valence-corrected chi connectivity index (χ3v) is 3.71. The van der Waals surface area contributed by atoms with Crippen LogP contribution in [0.2, 0.25) is 5.02 Å². The Hall–Kier alpha value is -0.770. The van der Waals surface area contributed by atoms with Crippen LogP contribution < -0.4 is 10.5 Å². The largest absolute Gasteiger partial charge is 0.488 e. The average molecular weight is 270 g/mol. The van der Waals surface area contributed by atoms with Crippen molar-refractivity contribution in [2.45, 2.75) is 44.9 Å². The van der Waals surface area contributed by atoms with Crippen molar-refractivity contribution in [3.05, 3.63) is 28.8 Å². The summed E-state index contributed by atoms with van der Waals surface area (Å²) in [6.45, 7) is 4.71. The fourth-order valence-corrected chi connectivity index (χ4v) is 2.48. The molecule has 18 heavy (non-hydrogen) atoms. The molecule has 0 bridgehead atoms. The number of halogens is 1. The van der Waals surface area contributed by atoms with Gasteiger partial charge in [0.25, 0.3) is 0 Å². The molecule has 1 saturated carbocycles. The molecule has 1 aromatic rings. The standard InChI is InChI=1S/C14H20ClNO2/c1-3-9-7-10(5-6-11(9)15)18-13-8-12(16)14(13)17-4-2/h5-7,12-14H,3-4,8,16H2,1-2H3. The van der Waals surface area contributed by atoms with E-state index < -0.39 is 0 Å². The van der Waals surface area contributed by atoms with Gasteiger partial charge < -0.3 is 15.2 Å². The van der Waals surface area contributed by atoms with Crippen LogP contribution in [0.15, 0.2) is 18.2 Å². The monoisotopic (exact) mass is 269 g/mol. The van der Waals surface area contributed by atoms with Gasteiger partial charge in [-0.2, -0.15) is 0 Å². The summed E-state index contributed by atoms with van der Waals surface area (Å²) >= 11 is 6.08. The maximum absolute atomic E-state index is 6.08. The molecule has 1 aliphatic carbocycles. The lowest BCUT2D eigenvalue weighted by Gasteiger charge is -2.41. The van der Waals surface area contributed by atoms with Crippen molar-refractivity contribution in [1.82, 2.24) is 0 Å². The first-order valence-electron chi connectivity index (χ1n) is 6.48. The number of benzene rings is 1. The summed E-state index contributed by atoms with van der Waals surface area (Å²) in [6.07, 6.45) is 1.81. The summed E-state index contributed by atoms with van der Waals surface area (Å²) in [7, 11) is 0. The van der Waals surface area contributed by atoms with Gasteiger partial charge in [-0.3, -0.25) is 0 Å². The Morgan fingerprint density at radius 1 is 1.39 bits per heavy atom. The summed E-state index contributed by atoms with van der Waals surface area (Å²) < 4.78 is 11.5. The maximum Gasteiger partial charge on any atom is 0.128 e. The van der Waals surface area contributed by atoms with Gasteiger partial charge in [0.05, 0.1) is 0 Å². The zero-order valence-corrected chi connectivity index (χ0v) is 11.6. The van der Waals surface area contributed by atoms with E-state index >= 15 is 0 Å². The number of nitrogens with two attached hydrogens (primary N) is 1. The van der Waals surface area contributed by atoms with Crippen molar-refractivity contribution in [3.63, 3.8) is 0 Å². The molecule has 0 spiro atoms. The molecule has 0 amide bonds. The van der Waals surface area contributed by atoms with Crippen LogP contribution in [0.3, 0.4) is 0 Å². The van der Waals surface area contributed by atoms with E-state index in [0.29, 0.717) is 6.61 Å². The molecule has 0 saturated heterocycles. The van der Waals surface area contributed by atoms with E-state index in [2.05, 4.69) is 6.92 Å². The topological polar surface area (TPSA) is 44.5 Å². The summed E-state index contributed by atoms with van der Waals surface area (Å²) in [5, 5.41) is 0.788. The minimum atomic E-state index is 0.00996. The van der Waals surface area contributed by atoms with E-state index in [1.54, 1.807) is 0 Å². The van der Waals surface area contributed by atoms with Crippen LogP contribution in [0.1, 0.15) is 25.8 Å². The Morgan fingerprint density at radius 3 is 2.78 bits per heavy atom. The first-order valence-corrected chi connectivity index (χ1v) is 6.85. The van der Waals surface area contributed by atoms with Gasteiger partial charge >= 0.3 is 0 Å². The highest BCUT2D eigenvalue weighted by Crippen LogP contribution is 2.30. The molecule has 3 unspecified atom stereocenters. The van der Waals surface area contributed by atoms with Crippen molar-refractivity contribution >= 4 is 11.6 Å². The SMILES string of the molecule is CCOC1C(N)CC1Oc1ccc(Cl)c(CC)c1. The van der Waals surface area contributed by atoms with Crippen molar-refractivity contribution in [1.29, 1.82) is 0 Å². The molecular formula is C14H20ClNO2. The zero-order valence-electron chi connectivity index (χ0n) is 10.9. The van der Waals surface area contributed by atoms with E-state index in [9.17, 15) is 0 Å². The van der Waals surface area contributed by atoms with Gasteiger partial charge in [0, 0.05) is 24.1 Å². The third kappa shape index (κ3) is 2.79. The number of ether oxygens (including phenoxy) is 2. The molecule has 4 heteroatoms. The van der Waals surface area contributed by atoms with Crippen LogP contribution in [0, 0.1) is 0 Å². The molecule has 3 atom stereocenters. The number of hydrogen-bond donors (Lipinski definition) is 1. The Kier molecular flexibility index (Phi) is 4.49. The minimum Gasteiger partial charge on any atom is -0.488 e. The summed E-state index contributed by atoms with van der Waals surface area (Å²) in [5.74, 6) is 0.845. The first kappa shape index (κ1) is 13.7. The molecule has 2 N–H and O–H groups in total. The van der Waals surface area contributed by atoms with Crippen LogP contribution in [0.4, 0.5) is 0 Å². The summed E-state index contributed by atoms with van der Waals surface area (Å²) in [4.78, 5) is 0. The molecule has 2 rings (SSSR count). The molecular weight excluding hydrogens is 250 g/mol. The third-order valence-electron chi connectivity index (χ3n) is 3.34. The average Bonchev–Trinajstić information content (AvgIpc) is 2.37. The first-order chi connectivity index (χ1) is 8.65. The smallest absolute Gasteiger partial charge is 0.128 e. The van der Waals surface area contributed by atoms with E-state index in [1.165, 1.54) is 0 Å². The van der Waals surface area contributed by atoms with Crippen LogP contribution in [-0.2, 0) is 11.2 Å². The van der Waals surface area contributed by atoms with Gasteiger partial charge in [0.2, 0.25) is 0 Å². The molecule has 0 aromatic heterocycles. The summed E-state index contributed by atoms with van der Waals surface area (Å²) in [5.41, 5.74) is 7.01. The van der Waals surface area contributed by atoms with E-state index in [1.807, 2.05) is 25.1 Å². The zero-order chi connectivity index (χ0) is 13.1. The lowest BCUT2D eigenvalue weighted by atomic mass is 9.86. The van der Waals surface area contributed by atoms with Gasteiger partial charge in [-0.25, -0.2) is 0 Å². The fourth-order valence-electron chi connectivity index (χ4n) is 2.23. The molecule has 0 aliphatic heterocycles. The van der Waals surface area contributed by atoms with Crippen molar-refractivity contribution in [2.24, 2.45) is 5.73 Å². The predicted molar refractivity (Wildman–Crippen MR) is 73.3 cm³/mol. The number of hydrogen-bond acceptors (Lipinski definition) is 3. The number of rotatable bonds is 5. The van der Waals surface area contributed by atoms with E-state index in [4.69, 9.17) is 26.8 Å². The highest BCUT2D eigenvalue weighted by atomic mass is 35.5. The van der Waals surface area contributed by atoms with Crippen LogP contribution in [0.25, 0.3) is 0 Å². The van der Waals surface area contributed by atoms with Gasteiger partial charge in [-0.05, 0) is 37.1 Å². The second kappa shape index (κ2) is 5.91. The van der Waals surface area contributed by atoms with E-state index in [-0.39, 0.29) is 18.2 Å². The second-order valence-electron chi connectivity index (χ2n) is 4.58. The Balaban J connectivity index is 2.01. The molecule has 1 aromatic carbocycles. The summed E-state index contributed by atoms with van der Waals surface area (Å²) in [6, 6.07) is 5.86. The lowest BCUT2D eigenvalue weighted by molar-refractivity contribution is -0.0945.